The van der Waals surface area contributed by atoms with Gasteiger partial charge in [0.25, 0.3) is 0 Å². The number of halogens is 2. The minimum absolute atomic E-state index is 0.0480. The van der Waals surface area contributed by atoms with E-state index in [-0.39, 0.29) is 17.7 Å². The fourth-order valence-corrected chi connectivity index (χ4v) is 6.95. The summed E-state index contributed by atoms with van der Waals surface area (Å²) in [5, 5.41) is 3.15. The van der Waals surface area contributed by atoms with Crippen molar-refractivity contribution in [2.75, 3.05) is 32.0 Å². The molecule has 1 N–H and O–H groups in total. The van der Waals surface area contributed by atoms with Crippen molar-refractivity contribution in [3.63, 3.8) is 0 Å². The number of hydrogen-bond acceptors (Lipinski definition) is 7. The summed E-state index contributed by atoms with van der Waals surface area (Å²) in [6, 6.07) is 8.08. The monoisotopic (exact) mass is 558 g/mol. The fraction of sp³-hybridized carbons (Fsp3) is 0.484. The van der Waals surface area contributed by atoms with Crippen LogP contribution in [0.25, 0.3) is 22.3 Å². The van der Waals surface area contributed by atoms with Gasteiger partial charge >= 0.3 is 0 Å². The summed E-state index contributed by atoms with van der Waals surface area (Å²) in [7, 11) is 2.19. The first kappa shape index (κ1) is 26.4. The number of piperidine rings is 1. The molecular weight excluding hydrogens is 522 g/mol. The smallest absolute Gasteiger partial charge is 0.229 e. The van der Waals surface area contributed by atoms with Gasteiger partial charge in [0.1, 0.15) is 22.9 Å². The minimum Gasteiger partial charge on any atom is -0.325 e. The molecule has 10 heteroatoms. The van der Waals surface area contributed by atoms with Crippen molar-refractivity contribution >= 4 is 22.8 Å². The number of benzene rings is 1. The average molecular weight is 559 g/mol. The SMILES string of the molecule is Cc1nc2c(F)cc(-c3nc(Nc4ccc5c(n4)CCN(C4CCN(C)CC4)C5)ncc3F)cc2n1C1CCCC1. The van der Waals surface area contributed by atoms with E-state index in [1.54, 1.807) is 6.07 Å². The Hall–Kier alpha value is -3.50. The van der Waals surface area contributed by atoms with Crippen molar-refractivity contribution in [3.8, 4) is 11.3 Å². The molecule has 0 radical (unpaired) electrons. The second-order valence-electron chi connectivity index (χ2n) is 11.9. The number of nitrogens with one attached hydrogen (secondary N) is 1. The number of likely N-dealkylation sites (tertiary alicyclic amines) is 1. The van der Waals surface area contributed by atoms with E-state index in [1.165, 1.54) is 24.5 Å². The molecule has 214 valence electrons. The minimum atomic E-state index is -0.606. The highest BCUT2D eigenvalue weighted by Crippen LogP contribution is 2.36. The lowest BCUT2D eigenvalue weighted by molar-refractivity contribution is 0.109. The Morgan fingerprint density at radius 2 is 1.71 bits per heavy atom. The number of nitrogens with zero attached hydrogens (tertiary/aromatic N) is 7. The summed E-state index contributed by atoms with van der Waals surface area (Å²) in [5.74, 6) is 0.534. The summed E-state index contributed by atoms with van der Waals surface area (Å²) in [6.45, 7) is 6.12. The number of hydrogen-bond donors (Lipinski definition) is 1. The van der Waals surface area contributed by atoms with E-state index in [9.17, 15) is 0 Å². The number of fused-ring (bicyclic) bond motifs is 2. The third kappa shape index (κ3) is 5.08. The van der Waals surface area contributed by atoms with Crippen molar-refractivity contribution in [1.29, 1.82) is 0 Å². The molecule has 2 fully saturated rings. The molecular formula is C31H36F2N8. The van der Waals surface area contributed by atoms with Crippen molar-refractivity contribution in [2.24, 2.45) is 0 Å². The van der Waals surface area contributed by atoms with Gasteiger partial charge in [0, 0.05) is 42.9 Å². The van der Waals surface area contributed by atoms with Gasteiger partial charge in [-0.3, -0.25) is 4.90 Å². The van der Waals surface area contributed by atoms with Crippen LogP contribution < -0.4 is 5.32 Å². The lowest BCUT2D eigenvalue weighted by Gasteiger charge is -2.39. The van der Waals surface area contributed by atoms with Crippen LogP contribution in [0.15, 0.2) is 30.5 Å². The summed E-state index contributed by atoms with van der Waals surface area (Å²) >= 11 is 0. The first-order valence-electron chi connectivity index (χ1n) is 14.8. The molecule has 8 nitrogen and oxygen atoms in total. The average Bonchev–Trinajstić information content (AvgIpc) is 3.61. The Bertz CT molecular complexity index is 1590. The zero-order valence-corrected chi connectivity index (χ0v) is 23.7. The van der Waals surface area contributed by atoms with Crippen molar-refractivity contribution < 1.29 is 8.78 Å². The molecule has 2 aliphatic heterocycles. The number of aryl methyl sites for hydroxylation is 1. The van der Waals surface area contributed by atoms with Crippen LogP contribution in [0.1, 0.15) is 61.6 Å². The van der Waals surface area contributed by atoms with Gasteiger partial charge in [-0.05, 0) is 76.5 Å². The molecule has 3 aliphatic rings. The summed E-state index contributed by atoms with van der Waals surface area (Å²) < 4.78 is 32.4. The van der Waals surface area contributed by atoms with Gasteiger partial charge in [-0.15, -0.1) is 0 Å². The van der Waals surface area contributed by atoms with E-state index in [2.05, 4.69) is 47.7 Å². The van der Waals surface area contributed by atoms with Crippen LogP contribution in [-0.2, 0) is 13.0 Å². The van der Waals surface area contributed by atoms with E-state index in [4.69, 9.17) is 4.98 Å². The Morgan fingerprint density at radius 3 is 2.51 bits per heavy atom. The number of imidazole rings is 1. The fourth-order valence-electron chi connectivity index (χ4n) is 6.95. The maximum Gasteiger partial charge on any atom is 0.229 e. The second-order valence-corrected chi connectivity index (χ2v) is 11.9. The molecule has 0 atom stereocenters. The Morgan fingerprint density at radius 1 is 0.902 bits per heavy atom. The number of rotatable bonds is 5. The predicted octanol–water partition coefficient (Wildman–Crippen LogP) is 5.79. The molecule has 1 aliphatic carbocycles. The van der Waals surface area contributed by atoms with Crippen LogP contribution in [-0.4, -0.2) is 67.0 Å². The molecule has 0 unspecified atom stereocenters. The Kier molecular flexibility index (Phi) is 6.90. The van der Waals surface area contributed by atoms with Gasteiger partial charge in [-0.2, -0.15) is 0 Å². The zero-order valence-electron chi connectivity index (χ0n) is 23.7. The number of pyridine rings is 1. The molecule has 0 spiro atoms. The molecule has 41 heavy (non-hydrogen) atoms. The molecule has 3 aromatic heterocycles. The molecule has 1 aromatic carbocycles. The quantitative estimate of drug-likeness (QED) is 0.333. The third-order valence-corrected chi connectivity index (χ3v) is 9.15. The maximum absolute atomic E-state index is 15.2. The van der Waals surface area contributed by atoms with Crippen LogP contribution >= 0.6 is 0 Å². The number of aromatic nitrogens is 5. The predicted molar refractivity (Wildman–Crippen MR) is 155 cm³/mol. The van der Waals surface area contributed by atoms with E-state index >= 15 is 8.78 Å². The highest BCUT2D eigenvalue weighted by Gasteiger charge is 2.27. The first-order chi connectivity index (χ1) is 19.9. The van der Waals surface area contributed by atoms with Crippen LogP contribution in [0.2, 0.25) is 0 Å². The largest absolute Gasteiger partial charge is 0.325 e. The molecule has 1 saturated carbocycles. The zero-order chi connectivity index (χ0) is 28.1. The van der Waals surface area contributed by atoms with Gasteiger partial charge in [-0.25, -0.2) is 28.7 Å². The van der Waals surface area contributed by atoms with E-state index in [0.29, 0.717) is 28.5 Å². The lowest BCUT2D eigenvalue weighted by atomic mass is 9.98. The second kappa shape index (κ2) is 10.7. The Balaban J connectivity index is 1.13. The van der Waals surface area contributed by atoms with Crippen molar-refractivity contribution in [2.45, 2.75) is 70.5 Å². The molecule has 4 aromatic rings. The molecule has 5 heterocycles. The molecule has 7 rings (SSSR count). The van der Waals surface area contributed by atoms with Crippen molar-refractivity contribution in [1.82, 2.24) is 34.3 Å². The van der Waals surface area contributed by atoms with Gasteiger partial charge in [-0.1, -0.05) is 18.9 Å². The molecule has 0 bridgehead atoms. The van der Waals surface area contributed by atoms with E-state index in [0.717, 1.165) is 76.0 Å². The third-order valence-electron chi connectivity index (χ3n) is 9.15. The van der Waals surface area contributed by atoms with Crippen LogP contribution in [0.5, 0.6) is 0 Å². The first-order valence-corrected chi connectivity index (χ1v) is 14.8. The van der Waals surface area contributed by atoms with Gasteiger partial charge in [0.2, 0.25) is 5.95 Å². The highest BCUT2D eigenvalue weighted by atomic mass is 19.1. The van der Waals surface area contributed by atoms with Crippen LogP contribution in [0, 0.1) is 18.6 Å². The maximum atomic E-state index is 15.2. The lowest BCUT2D eigenvalue weighted by Crippen LogP contribution is -2.45. The van der Waals surface area contributed by atoms with Crippen molar-refractivity contribution in [3.05, 3.63) is 59.2 Å². The number of anilines is 2. The van der Waals surface area contributed by atoms with Gasteiger partial charge in [0.15, 0.2) is 11.6 Å². The summed E-state index contributed by atoms with van der Waals surface area (Å²) in [5.41, 5.74) is 3.74. The topological polar surface area (TPSA) is 75.0 Å². The summed E-state index contributed by atoms with van der Waals surface area (Å²) in [4.78, 5) is 23.0. The Labute approximate surface area is 238 Å². The van der Waals surface area contributed by atoms with E-state index < -0.39 is 11.6 Å². The van der Waals surface area contributed by atoms with Gasteiger partial charge in [0.05, 0.1) is 11.7 Å². The van der Waals surface area contributed by atoms with Crippen LogP contribution in [0.4, 0.5) is 20.5 Å². The summed E-state index contributed by atoms with van der Waals surface area (Å²) in [6.07, 6.45) is 8.81. The van der Waals surface area contributed by atoms with Crippen LogP contribution in [0.3, 0.4) is 0 Å². The standard InChI is InChI=1S/C31H36F2N8/c1-19-35-30-24(32)15-21(16-27(30)41(19)23-5-3-4-6-23)29-25(33)17-34-31(38-29)37-28-8-7-20-18-40(14-11-26(20)36-28)22-9-12-39(2)13-10-22/h7-8,15-17,22-23H,3-6,9-14,18H2,1-2H3,(H,34,36,37,38). The normalized spacial score (nSPS) is 19.2. The van der Waals surface area contributed by atoms with Gasteiger partial charge < -0.3 is 14.8 Å². The highest BCUT2D eigenvalue weighted by molar-refractivity contribution is 5.83. The molecule has 1 saturated heterocycles. The molecule has 0 amide bonds. The van der Waals surface area contributed by atoms with E-state index in [1.807, 2.05) is 13.0 Å².